The van der Waals surface area contributed by atoms with Crippen LogP contribution in [0.2, 0.25) is 248 Å². The molecule has 0 N–H and O–H groups in total. The van der Waals surface area contributed by atoms with E-state index in [1.165, 1.54) is 18.9 Å². The van der Waals surface area contributed by atoms with Gasteiger partial charge in [-0.25, -0.2) is 0 Å². The summed E-state index contributed by atoms with van der Waals surface area (Å²) in [5.74, 6) is 0. The third kappa shape index (κ3) is 62.8. The van der Waals surface area contributed by atoms with Crippen molar-refractivity contribution in [2.24, 2.45) is 0 Å². The normalized spacial score (nSPS) is 18.9. The van der Waals surface area contributed by atoms with Gasteiger partial charge in [-0.05, 0) is 255 Å². The summed E-state index contributed by atoms with van der Waals surface area (Å²) in [5, 5.41) is 0. The molecule has 1 aliphatic rings. The molecule has 0 saturated carbocycles. The average Bonchev–Trinajstić information content (AvgIpc) is 3.25. The summed E-state index contributed by atoms with van der Waals surface area (Å²) in [6.45, 7) is 81.0. The van der Waals surface area contributed by atoms with Crippen LogP contribution in [-0.2, 0) is 99.2 Å². The molecule has 6 unspecified atom stereocenters. The minimum absolute atomic E-state index is 0. The average molecular weight is 1540 g/mol. The molecule has 0 aromatic rings. The van der Waals surface area contributed by atoms with Gasteiger partial charge in [-0.2, -0.15) is 0 Å². The van der Waals surface area contributed by atoms with E-state index >= 15 is 0 Å². The van der Waals surface area contributed by atoms with Crippen LogP contribution in [0.3, 0.4) is 0 Å². The van der Waals surface area contributed by atoms with E-state index in [4.69, 9.17) is 66.5 Å². The Kier molecular flexibility index (Phi) is 49.2. The molecule has 0 bridgehead atoms. The topological polar surface area (TPSA) is 148 Å². The first-order chi connectivity index (χ1) is 34.4. The zero-order valence-corrected chi connectivity index (χ0v) is 82.9. The summed E-state index contributed by atoms with van der Waals surface area (Å²) in [6.07, 6.45) is 2.55. The quantitative estimate of drug-likeness (QED) is 0.0654. The van der Waals surface area contributed by atoms with Gasteiger partial charge >= 0.3 is 52.1 Å². The first-order valence-electron chi connectivity index (χ1n) is 28.9. The molecule has 37 heteroatoms. The van der Waals surface area contributed by atoms with Crippen molar-refractivity contribution in [2.45, 2.75) is 261 Å². The molecule has 1 fully saturated rings. The molecule has 2 radical (unpaired) electrons. The Labute approximate surface area is 543 Å². The molecule has 6 atom stereocenters. The van der Waals surface area contributed by atoms with Gasteiger partial charge in [-0.1, -0.05) is 6.42 Å². The Morgan fingerprint density at radius 2 is 0.747 bits per heavy atom. The van der Waals surface area contributed by atoms with Gasteiger partial charge in [0.05, 0.1) is 0 Å². The molecular weight excluding hydrogens is 1410 g/mol. The monoisotopic (exact) mass is 1540 g/mol. The maximum Gasteiger partial charge on any atom is 0.360 e. The van der Waals surface area contributed by atoms with Gasteiger partial charge in [0.15, 0.2) is 78.0 Å². The standard InChI is InChI=1S/C10H31O4Si5.C9H30O4Si5.C9H28O3Si4.C7H24O3Si4.C7H18O2Si2.Y/c1-15(11-17(3,4)5)13-19(9,10)14-16(2)12-18(6,7)8;1-14(2)10-16(5)12-18(8,9)13-17(6,7)11-15(3)4;1-13(10-14(2,3)4)11-16(8,9)12-15(5,6)7;1-11(2)8-13(5)10-14(6,7)9-12(3)4;1-8-11(3)7-5-4-6-9-10(11)2;/h15H,1-10H3;14-16H,1-9H3;13H,1-9H3;11-13H,1-7H3;10H,4-7H2,1-3H3;. The Hall–Kier alpha value is 4.80. The summed E-state index contributed by atoms with van der Waals surface area (Å²) in [7, 11) is -27.8. The van der Waals surface area contributed by atoms with Crippen LogP contribution in [0.4, 0.5) is 0 Å². The van der Waals surface area contributed by atoms with Gasteiger partial charge in [0.25, 0.3) is 37.1 Å². The van der Waals surface area contributed by atoms with Crippen LogP contribution in [-0.4, -0.2) is 189 Å². The predicted octanol–water partition coefficient (Wildman–Crippen LogP) is 11.9. The summed E-state index contributed by atoms with van der Waals surface area (Å²) in [4.78, 5) is 0. The van der Waals surface area contributed by atoms with E-state index in [1.54, 1.807) is 0 Å². The number of hydrogen-bond acceptors (Lipinski definition) is 16. The molecule has 478 valence electrons. The van der Waals surface area contributed by atoms with Gasteiger partial charge in [0.1, 0.15) is 0 Å². The van der Waals surface area contributed by atoms with Crippen LogP contribution in [0.5, 0.6) is 0 Å². The van der Waals surface area contributed by atoms with Crippen LogP contribution in [0, 0.1) is 0 Å². The zero-order chi connectivity index (χ0) is 62.9. The smallest absolute Gasteiger partial charge is 0.360 e. The van der Waals surface area contributed by atoms with E-state index in [2.05, 4.69) is 242 Å². The maximum atomic E-state index is 6.23. The number of rotatable bonds is 29. The molecule has 0 aliphatic carbocycles. The first-order valence-corrected chi connectivity index (χ1v) is 84.0. The third-order valence-electron chi connectivity index (χ3n) is 9.45. The molecule has 1 rings (SSSR count). The van der Waals surface area contributed by atoms with Crippen LogP contribution < -0.4 is 0 Å². The van der Waals surface area contributed by atoms with Crippen molar-refractivity contribution < 1.29 is 99.2 Å². The Balaban J connectivity index is -0.000000291. The molecule has 79 heavy (non-hydrogen) atoms. The van der Waals surface area contributed by atoms with Crippen molar-refractivity contribution >= 4 is 175 Å². The summed E-state index contributed by atoms with van der Waals surface area (Å²) in [5.41, 5.74) is 0. The molecule has 0 aromatic heterocycles. The van der Waals surface area contributed by atoms with E-state index in [0.29, 0.717) is 0 Å². The third-order valence-corrected chi connectivity index (χ3v) is 74.9. The van der Waals surface area contributed by atoms with E-state index in [0.717, 1.165) is 6.61 Å². The van der Waals surface area contributed by atoms with E-state index in [1.807, 2.05) is 7.11 Å². The molecule has 0 spiro atoms. The maximum absolute atomic E-state index is 6.23. The second-order valence-electron chi connectivity index (χ2n) is 27.5. The molecule has 0 aromatic carbocycles. The second-order valence-corrected chi connectivity index (χ2v) is 96.6. The zero-order valence-electron chi connectivity index (χ0n) is 58.6. The molecule has 1 heterocycles. The predicted molar refractivity (Wildman–Crippen MR) is 387 cm³/mol. The van der Waals surface area contributed by atoms with Crippen molar-refractivity contribution in [3.05, 3.63) is 0 Å². The number of hydrogen-bond donors (Lipinski definition) is 0. The van der Waals surface area contributed by atoms with Gasteiger partial charge < -0.3 is 66.5 Å². The van der Waals surface area contributed by atoms with E-state index < -0.39 is 175 Å². The van der Waals surface area contributed by atoms with Crippen molar-refractivity contribution in [1.29, 1.82) is 0 Å². The second kappa shape index (κ2) is 42.0. The Morgan fingerprint density at radius 1 is 0.405 bits per heavy atom. The molecule has 1 saturated heterocycles. The fourth-order valence-corrected chi connectivity index (χ4v) is 74.6. The van der Waals surface area contributed by atoms with Crippen LogP contribution >= 0.6 is 0 Å². The van der Waals surface area contributed by atoms with Crippen LogP contribution in [0.1, 0.15) is 12.8 Å². The van der Waals surface area contributed by atoms with Gasteiger partial charge in [0, 0.05) is 46.4 Å². The fraction of sp³-hybridized carbons (Fsp3) is 1.00. The minimum atomic E-state index is -2.13. The molecule has 0 amide bonds. The van der Waals surface area contributed by atoms with Gasteiger partial charge in [-0.15, -0.1) is 0 Å². The summed E-state index contributed by atoms with van der Waals surface area (Å²) >= 11 is 0. The van der Waals surface area contributed by atoms with Gasteiger partial charge in [-0.3, -0.25) is 0 Å². The van der Waals surface area contributed by atoms with E-state index in [9.17, 15) is 0 Å². The molecule has 16 nitrogen and oxygen atoms in total. The van der Waals surface area contributed by atoms with Crippen molar-refractivity contribution in [2.75, 3.05) is 13.7 Å². The van der Waals surface area contributed by atoms with Crippen molar-refractivity contribution in [3.63, 3.8) is 0 Å². The van der Waals surface area contributed by atoms with Crippen LogP contribution in [0.25, 0.3) is 0 Å². The van der Waals surface area contributed by atoms with Crippen LogP contribution in [0.15, 0.2) is 0 Å². The SMILES string of the molecule is CO[Si]1(C)CCCCO[SiH]1C.C[SiH](C)O[SiH](C)O[Si](C)(C)O[SiH](C)C.C[SiH](C)O[SiH](C)O[Si](C)(C)O[Si](C)(C)O[SiH](C)C.C[SiH](O[Si](C)(C)C)O[Si](C)(C)O[Si](C)(C)C.C[Si](O[Si](C)(C)C)O[Si](C)(C)O[SiH](C)O[Si](C)(C)C.[Y]. The van der Waals surface area contributed by atoms with Crippen molar-refractivity contribution in [3.8, 4) is 0 Å². The molecule has 1 aliphatic heterocycles. The largest absolute Gasteiger partial charge is 0.442 e. The summed E-state index contributed by atoms with van der Waals surface area (Å²) < 4.78 is 95.9. The van der Waals surface area contributed by atoms with E-state index in [-0.39, 0.29) is 32.7 Å². The first kappa shape index (κ1) is 92.5. The molecular formula is C42H131O16Si20Y. The van der Waals surface area contributed by atoms with Gasteiger partial charge in [0.2, 0.25) is 7.83 Å². The fourth-order valence-electron chi connectivity index (χ4n) is 8.34. The Bertz CT molecular complexity index is 1520. The minimum Gasteiger partial charge on any atom is -0.442 e. The summed E-state index contributed by atoms with van der Waals surface area (Å²) in [6, 6.07) is 1.32. The van der Waals surface area contributed by atoms with Crippen molar-refractivity contribution in [1.82, 2.24) is 0 Å². The Morgan fingerprint density at radius 3 is 1.09 bits per heavy atom.